The number of ether oxygens (including phenoxy) is 1. The average Bonchev–Trinajstić information content (AvgIpc) is 2.83. The number of carboxylic acid groups (broad SMARTS) is 1. The Hall–Kier alpha value is -2.22. The highest BCUT2D eigenvalue weighted by Gasteiger charge is 2.24. The number of fused-ring (bicyclic) bond motifs is 1. The Morgan fingerprint density at radius 2 is 1.96 bits per heavy atom. The van der Waals surface area contributed by atoms with Gasteiger partial charge in [0.25, 0.3) is 0 Å². The summed E-state index contributed by atoms with van der Waals surface area (Å²) in [4.78, 5) is 33.3. The van der Waals surface area contributed by atoms with E-state index in [2.05, 4.69) is 15.3 Å². The van der Waals surface area contributed by atoms with Crippen LogP contribution in [0.25, 0.3) is 10.2 Å². The highest BCUT2D eigenvalue weighted by molar-refractivity contribution is 7.20. The standard InChI is InChI=1S/C17H23N3O4S/c1-8(2)6-11(16(21)22)20-14-12-10(5)13(17(23)24-9(3)4)25-15(12)19-7-18-14/h7-9,11H,6H2,1-5H3,(H,21,22)(H,18,19,20). The predicted molar refractivity (Wildman–Crippen MR) is 97.2 cm³/mol. The number of aliphatic carboxylic acids is 1. The molecule has 2 rings (SSSR count). The van der Waals surface area contributed by atoms with Crippen molar-refractivity contribution < 1.29 is 19.4 Å². The second-order valence-corrected chi connectivity index (χ2v) is 7.58. The van der Waals surface area contributed by atoms with Crippen LogP contribution in [0.4, 0.5) is 5.82 Å². The Labute approximate surface area is 150 Å². The first kappa shape index (κ1) is 19.1. The van der Waals surface area contributed by atoms with Crippen LogP contribution in [0.2, 0.25) is 0 Å². The van der Waals surface area contributed by atoms with Crippen LogP contribution in [-0.2, 0) is 9.53 Å². The van der Waals surface area contributed by atoms with Gasteiger partial charge < -0.3 is 15.2 Å². The number of nitrogens with zero attached hydrogens (tertiary/aromatic N) is 2. The Morgan fingerprint density at radius 3 is 2.52 bits per heavy atom. The second-order valence-electron chi connectivity index (χ2n) is 6.58. The second kappa shape index (κ2) is 7.77. The van der Waals surface area contributed by atoms with Gasteiger partial charge in [0.2, 0.25) is 0 Å². The highest BCUT2D eigenvalue weighted by Crippen LogP contribution is 2.34. The molecule has 0 aliphatic rings. The first-order valence-electron chi connectivity index (χ1n) is 8.15. The number of carbonyl (C=O) groups is 2. The molecule has 0 amide bonds. The molecule has 0 aliphatic heterocycles. The van der Waals surface area contributed by atoms with Crippen LogP contribution in [0, 0.1) is 12.8 Å². The number of carbonyl (C=O) groups excluding carboxylic acids is 1. The third-order valence-electron chi connectivity index (χ3n) is 3.57. The Balaban J connectivity index is 2.43. The Kier molecular flexibility index (Phi) is 5.94. The van der Waals surface area contributed by atoms with E-state index < -0.39 is 18.0 Å². The van der Waals surface area contributed by atoms with E-state index in [0.29, 0.717) is 32.9 Å². The SMILES string of the molecule is Cc1c(C(=O)OC(C)C)sc2ncnc(NC(CC(C)C)C(=O)O)c12. The van der Waals surface area contributed by atoms with Gasteiger partial charge in [-0.05, 0) is 38.7 Å². The molecule has 0 saturated carbocycles. The van der Waals surface area contributed by atoms with Crippen molar-refractivity contribution in [1.82, 2.24) is 9.97 Å². The molecule has 0 fully saturated rings. The maximum Gasteiger partial charge on any atom is 0.348 e. The van der Waals surface area contributed by atoms with Crippen molar-refractivity contribution in [3.63, 3.8) is 0 Å². The van der Waals surface area contributed by atoms with Crippen molar-refractivity contribution in [1.29, 1.82) is 0 Å². The van der Waals surface area contributed by atoms with Gasteiger partial charge in [-0.3, -0.25) is 0 Å². The number of carboxylic acids is 1. The summed E-state index contributed by atoms with van der Waals surface area (Å²) in [6.45, 7) is 9.29. The molecule has 0 bridgehead atoms. The highest BCUT2D eigenvalue weighted by atomic mass is 32.1. The van der Waals surface area contributed by atoms with Gasteiger partial charge in [0.05, 0.1) is 11.5 Å². The first-order chi connectivity index (χ1) is 11.7. The summed E-state index contributed by atoms with van der Waals surface area (Å²) in [5.41, 5.74) is 0.697. The van der Waals surface area contributed by atoms with Crippen molar-refractivity contribution in [2.45, 2.75) is 53.2 Å². The number of nitrogens with one attached hydrogen (secondary N) is 1. The van der Waals surface area contributed by atoms with E-state index in [-0.39, 0.29) is 12.0 Å². The van der Waals surface area contributed by atoms with E-state index in [1.54, 1.807) is 20.8 Å². The summed E-state index contributed by atoms with van der Waals surface area (Å²) in [7, 11) is 0. The molecular weight excluding hydrogens is 342 g/mol. The van der Waals surface area contributed by atoms with Crippen molar-refractivity contribution >= 4 is 39.3 Å². The lowest BCUT2D eigenvalue weighted by Gasteiger charge is -2.17. The summed E-state index contributed by atoms with van der Waals surface area (Å²) in [6.07, 6.45) is 1.61. The molecule has 0 aromatic carbocycles. The fourth-order valence-electron chi connectivity index (χ4n) is 2.50. The lowest BCUT2D eigenvalue weighted by molar-refractivity contribution is -0.138. The molecule has 0 saturated heterocycles. The van der Waals surface area contributed by atoms with Gasteiger partial charge >= 0.3 is 11.9 Å². The molecule has 136 valence electrons. The quantitative estimate of drug-likeness (QED) is 0.724. The van der Waals surface area contributed by atoms with Gasteiger partial charge in [0.15, 0.2) is 0 Å². The van der Waals surface area contributed by atoms with E-state index in [1.807, 2.05) is 13.8 Å². The van der Waals surface area contributed by atoms with Gasteiger partial charge in [0.1, 0.15) is 27.9 Å². The predicted octanol–water partition coefficient (Wildman–Crippen LogP) is 3.48. The van der Waals surface area contributed by atoms with Crippen molar-refractivity contribution in [3.05, 3.63) is 16.8 Å². The van der Waals surface area contributed by atoms with E-state index in [4.69, 9.17) is 4.74 Å². The van der Waals surface area contributed by atoms with Crippen LogP contribution in [0.5, 0.6) is 0 Å². The van der Waals surface area contributed by atoms with Gasteiger partial charge in [-0.2, -0.15) is 0 Å². The minimum Gasteiger partial charge on any atom is -0.480 e. The van der Waals surface area contributed by atoms with E-state index in [9.17, 15) is 14.7 Å². The van der Waals surface area contributed by atoms with Crippen LogP contribution >= 0.6 is 11.3 Å². The number of hydrogen-bond acceptors (Lipinski definition) is 7. The zero-order chi connectivity index (χ0) is 18.7. The molecule has 25 heavy (non-hydrogen) atoms. The van der Waals surface area contributed by atoms with Gasteiger partial charge in [-0.25, -0.2) is 19.6 Å². The minimum atomic E-state index is -0.937. The molecule has 2 aromatic rings. The van der Waals surface area contributed by atoms with E-state index >= 15 is 0 Å². The zero-order valence-corrected chi connectivity index (χ0v) is 15.8. The molecule has 1 unspecified atom stereocenters. The Morgan fingerprint density at radius 1 is 1.28 bits per heavy atom. The molecular formula is C17H23N3O4S. The van der Waals surface area contributed by atoms with Crippen LogP contribution in [0.3, 0.4) is 0 Å². The summed E-state index contributed by atoms with van der Waals surface area (Å²) in [5.74, 6) is -0.701. The molecule has 7 nitrogen and oxygen atoms in total. The van der Waals surface area contributed by atoms with Crippen molar-refractivity contribution in [2.24, 2.45) is 5.92 Å². The topological polar surface area (TPSA) is 101 Å². The molecule has 0 aliphatic carbocycles. The van der Waals surface area contributed by atoms with Gasteiger partial charge in [-0.15, -0.1) is 11.3 Å². The maximum absolute atomic E-state index is 12.3. The number of esters is 1. The Bertz CT molecular complexity index is 786. The molecule has 8 heteroatoms. The third kappa shape index (κ3) is 4.45. The zero-order valence-electron chi connectivity index (χ0n) is 15.0. The smallest absolute Gasteiger partial charge is 0.348 e. The van der Waals surface area contributed by atoms with E-state index in [1.165, 1.54) is 17.7 Å². The lowest BCUT2D eigenvalue weighted by atomic mass is 10.0. The summed E-state index contributed by atoms with van der Waals surface area (Å²) >= 11 is 1.22. The molecule has 1 atom stereocenters. The molecule has 2 aromatic heterocycles. The largest absolute Gasteiger partial charge is 0.480 e. The number of aryl methyl sites for hydroxylation is 1. The summed E-state index contributed by atoms with van der Waals surface area (Å²) < 4.78 is 5.27. The molecule has 2 N–H and O–H groups in total. The van der Waals surface area contributed by atoms with Crippen LogP contribution in [0.1, 0.15) is 49.4 Å². The number of rotatable bonds is 7. The third-order valence-corrected chi connectivity index (χ3v) is 4.75. The van der Waals surface area contributed by atoms with Crippen molar-refractivity contribution in [3.8, 4) is 0 Å². The molecule has 0 spiro atoms. The fourth-order valence-corrected chi connectivity index (χ4v) is 3.53. The maximum atomic E-state index is 12.3. The number of hydrogen-bond donors (Lipinski definition) is 2. The number of thiophene rings is 1. The average molecular weight is 365 g/mol. The monoisotopic (exact) mass is 365 g/mol. The summed E-state index contributed by atoms with van der Waals surface area (Å²) in [6, 6.07) is -0.761. The number of aromatic nitrogens is 2. The van der Waals surface area contributed by atoms with Crippen LogP contribution < -0.4 is 5.32 Å². The normalized spacial score (nSPS) is 12.6. The number of anilines is 1. The molecule has 0 radical (unpaired) electrons. The van der Waals surface area contributed by atoms with Gasteiger partial charge in [-0.1, -0.05) is 13.8 Å². The van der Waals surface area contributed by atoms with Gasteiger partial charge in [0, 0.05) is 0 Å². The van der Waals surface area contributed by atoms with Crippen LogP contribution in [-0.4, -0.2) is 39.2 Å². The molecule has 2 heterocycles. The minimum absolute atomic E-state index is 0.214. The first-order valence-corrected chi connectivity index (χ1v) is 8.96. The van der Waals surface area contributed by atoms with Crippen molar-refractivity contribution in [2.75, 3.05) is 5.32 Å². The lowest BCUT2D eigenvalue weighted by Crippen LogP contribution is -2.31. The van der Waals surface area contributed by atoms with Crippen LogP contribution in [0.15, 0.2) is 6.33 Å². The fraction of sp³-hybridized carbons (Fsp3) is 0.529. The summed E-state index contributed by atoms with van der Waals surface area (Å²) in [5, 5.41) is 13.1. The van der Waals surface area contributed by atoms with E-state index in [0.717, 1.165) is 0 Å².